The molecule has 1 N–H and O–H groups in total. The largest absolute Gasteiger partial charge is 0.353 e. The molecule has 1 aliphatic heterocycles. The first-order valence-corrected chi connectivity index (χ1v) is 5.95. The van der Waals surface area contributed by atoms with Gasteiger partial charge in [0, 0.05) is 31.3 Å². The van der Waals surface area contributed by atoms with Crippen LogP contribution in [0.25, 0.3) is 0 Å². The molecule has 1 saturated carbocycles. The van der Waals surface area contributed by atoms with E-state index in [9.17, 15) is 9.59 Å². The second kappa shape index (κ2) is 4.21. The van der Waals surface area contributed by atoms with E-state index in [1.54, 1.807) is 4.90 Å². The van der Waals surface area contributed by atoms with Crippen LogP contribution >= 0.6 is 11.8 Å². The predicted octanol–water partition coefficient (Wildman–Crippen LogP) is 0.824. The molecule has 2 aliphatic rings. The molecule has 0 bridgehead atoms. The Morgan fingerprint density at radius 3 is 2.93 bits per heavy atom. The molecule has 78 valence electrons. The molecule has 4 nitrogen and oxygen atoms in total. The molecule has 2 fully saturated rings. The molecule has 0 unspecified atom stereocenters. The number of nitrogens with one attached hydrogen (secondary N) is 1. The van der Waals surface area contributed by atoms with Gasteiger partial charge in [-0.2, -0.15) is 0 Å². The third kappa shape index (κ3) is 2.64. The minimum atomic E-state index is 0.0807. The predicted molar refractivity (Wildman–Crippen MR) is 55.2 cm³/mol. The van der Waals surface area contributed by atoms with Gasteiger partial charge in [0.15, 0.2) is 0 Å². The average molecular weight is 214 g/mol. The standard InChI is InChI=1S/C9H14N2O2S/c12-8(10-7-1-2-7)3-4-11-5-6-14-9(11)13/h7H,1-6H2,(H,10,12). The Balaban J connectivity index is 1.65. The van der Waals surface area contributed by atoms with E-state index in [2.05, 4.69) is 5.32 Å². The Kier molecular flexibility index (Phi) is 2.96. The molecule has 0 aromatic rings. The van der Waals surface area contributed by atoms with Crippen molar-refractivity contribution in [2.24, 2.45) is 0 Å². The van der Waals surface area contributed by atoms with E-state index in [0.717, 1.165) is 25.1 Å². The van der Waals surface area contributed by atoms with Crippen LogP contribution in [0.2, 0.25) is 0 Å². The van der Waals surface area contributed by atoms with Crippen LogP contribution in [0.3, 0.4) is 0 Å². The van der Waals surface area contributed by atoms with E-state index < -0.39 is 0 Å². The molecule has 0 aromatic carbocycles. The van der Waals surface area contributed by atoms with Crippen LogP contribution in [0.4, 0.5) is 4.79 Å². The summed E-state index contributed by atoms with van der Waals surface area (Å²) in [4.78, 5) is 24.2. The summed E-state index contributed by atoms with van der Waals surface area (Å²) in [5.74, 6) is 0.945. The summed E-state index contributed by atoms with van der Waals surface area (Å²) in [5.41, 5.74) is 0. The zero-order chi connectivity index (χ0) is 9.97. The molecule has 2 amide bonds. The maximum absolute atomic E-state index is 11.3. The van der Waals surface area contributed by atoms with Gasteiger partial charge >= 0.3 is 0 Å². The van der Waals surface area contributed by atoms with E-state index in [-0.39, 0.29) is 11.1 Å². The second-order valence-corrected chi connectivity index (χ2v) is 4.74. The maximum Gasteiger partial charge on any atom is 0.281 e. The fourth-order valence-electron chi connectivity index (χ4n) is 1.39. The number of amides is 2. The van der Waals surface area contributed by atoms with Crippen LogP contribution in [0, 0.1) is 0 Å². The highest BCUT2D eigenvalue weighted by Crippen LogP contribution is 2.19. The lowest BCUT2D eigenvalue weighted by molar-refractivity contribution is -0.121. The van der Waals surface area contributed by atoms with Crippen molar-refractivity contribution in [2.75, 3.05) is 18.8 Å². The SMILES string of the molecule is O=C(CCN1CCSC1=O)NC1CC1. The van der Waals surface area contributed by atoms with E-state index in [4.69, 9.17) is 0 Å². The Bertz CT molecular complexity index is 253. The van der Waals surface area contributed by atoms with Crippen LogP contribution in [0.1, 0.15) is 19.3 Å². The zero-order valence-corrected chi connectivity index (χ0v) is 8.81. The molecule has 0 aromatic heterocycles. The van der Waals surface area contributed by atoms with Gasteiger partial charge in [0.1, 0.15) is 0 Å². The van der Waals surface area contributed by atoms with Crippen LogP contribution in [-0.2, 0) is 4.79 Å². The summed E-state index contributed by atoms with van der Waals surface area (Å²) in [7, 11) is 0. The molecule has 0 radical (unpaired) electrons. The van der Waals surface area contributed by atoms with E-state index in [1.807, 2.05) is 0 Å². The first-order valence-electron chi connectivity index (χ1n) is 4.97. The molecule has 0 atom stereocenters. The van der Waals surface area contributed by atoms with Gasteiger partial charge in [-0.3, -0.25) is 9.59 Å². The van der Waals surface area contributed by atoms with Crippen LogP contribution < -0.4 is 5.32 Å². The lowest BCUT2D eigenvalue weighted by Crippen LogP contribution is -2.31. The van der Waals surface area contributed by atoms with Crippen molar-refractivity contribution in [1.82, 2.24) is 10.2 Å². The smallest absolute Gasteiger partial charge is 0.281 e. The van der Waals surface area contributed by atoms with Gasteiger partial charge in [-0.25, -0.2) is 0 Å². The summed E-state index contributed by atoms with van der Waals surface area (Å²) >= 11 is 1.34. The fraction of sp³-hybridized carbons (Fsp3) is 0.778. The van der Waals surface area contributed by atoms with Crippen molar-refractivity contribution in [3.05, 3.63) is 0 Å². The average Bonchev–Trinajstić information content (AvgIpc) is 2.86. The third-order valence-electron chi connectivity index (χ3n) is 2.40. The maximum atomic E-state index is 11.3. The van der Waals surface area contributed by atoms with Gasteiger partial charge in [0.25, 0.3) is 5.24 Å². The topological polar surface area (TPSA) is 49.4 Å². The lowest BCUT2D eigenvalue weighted by Gasteiger charge is -2.13. The highest BCUT2D eigenvalue weighted by Gasteiger charge is 2.25. The number of nitrogens with zero attached hydrogens (tertiary/aromatic N) is 1. The number of thioether (sulfide) groups is 1. The number of hydrogen-bond donors (Lipinski definition) is 1. The Labute approximate surface area is 87.4 Å². The number of carbonyl (C=O) groups excluding carboxylic acids is 2. The van der Waals surface area contributed by atoms with Crippen molar-refractivity contribution in [3.8, 4) is 0 Å². The highest BCUT2D eigenvalue weighted by atomic mass is 32.2. The number of hydrogen-bond acceptors (Lipinski definition) is 3. The van der Waals surface area contributed by atoms with Crippen molar-refractivity contribution in [3.63, 3.8) is 0 Å². The first kappa shape index (κ1) is 9.83. The fourth-order valence-corrected chi connectivity index (χ4v) is 2.24. The summed E-state index contributed by atoms with van der Waals surface area (Å²) in [6, 6.07) is 0.422. The second-order valence-electron chi connectivity index (χ2n) is 3.69. The molecule has 1 heterocycles. The summed E-state index contributed by atoms with van der Waals surface area (Å²) in [5, 5.41) is 3.02. The zero-order valence-electron chi connectivity index (χ0n) is 7.99. The van der Waals surface area contributed by atoms with E-state index in [0.29, 0.717) is 19.0 Å². The van der Waals surface area contributed by atoms with Crippen LogP contribution in [-0.4, -0.2) is 40.9 Å². The van der Waals surface area contributed by atoms with Gasteiger partial charge in [0.05, 0.1) is 0 Å². The summed E-state index contributed by atoms with van der Waals surface area (Å²) < 4.78 is 0. The normalized spacial score (nSPS) is 21.4. The van der Waals surface area contributed by atoms with E-state index >= 15 is 0 Å². The molecule has 1 saturated heterocycles. The molecule has 0 spiro atoms. The molecule has 1 aliphatic carbocycles. The lowest BCUT2D eigenvalue weighted by atomic mass is 10.3. The van der Waals surface area contributed by atoms with Crippen molar-refractivity contribution >= 4 is 22.9 Å². The molecular formula is C9H14N2O2S. The van der Waals surface area contributed by atoms with Crippen molar-refractivity contribution < 1.29 is 9.59 Å². The Hall–Kier alpha value is -0.710. The van der Waals surface area contributed by atoms with E-state index in [1.165, 1.54) is 11.8 Å². The first-order chi connectivity index (χ1) is 6.75. The van der Waals surface area contributed by atoms with Gasteiger partial charge in [-0.1, -0.05) is 11.8 Å². The number of carbonyl (C=O) groups is 2. The summed E-state index contributed by atoms with van der Waals surface area (Å²) in [6.45, 7) is 1.37. The van der Waals surface area contributed by atoms with Crippen molar-refractivity contribution in [1.29, 1.82) is 0 Å². The monoisotopic (exact) mass is 214 g/mol. The highest BCUT2D eigenvalue weighted by molar-refractivity contribution is 8.13. The third-order valence-corrected chi connectivity index (χ3v) is 3.29. The Morgan fingerprint density at radius 2 is 2.36 bits per heavy atom. The van der Waals surface area contributed by atoms with Crippen LogP contribution in [0.5, 0.6) is 0 Å². The van der Waals surface area contributed by atoms with Gasteiger partial charge < -0.3 is 10.2 Å². The van der Waals surface area contributed by atoms with Gasteiger partial charge in [0.2, 0.25) is 5.91 Å². The molecule has 5 heteroatoms. The van der Waals surface area contributed by atoms with Gasteiger partial charge in [-0.05, 0) is 12.8 Å². The molecular weight excluding hydrogens is 200 g/mol. The molecule has 14 heavy (non-hydrogen) atoms. The Morgan fingerprint density at radius 1 is 1.57 bits per heavy atom. The number of rotatable bonds is 4. The summed E-state index contributed by atoms with van der Waals surface area (Å²) in [6.07, 6.45) is 2.68. The van der Waals surface area contributed by atoms with Crippen LogP contribution in [0.15, 0.2) is 0 Å². The quantitative estimate of drug-likeness (QED) is 0.754. The minimum absolute atomic E-state index is 0.0807. The van der Waals surface area contributed by atoms with Gasteiger partial charge in [-0.15, -0.1) is 0 Å². The molecule has 2 rings (SSSR count). The van der Waals surface area contributed by atoms with Crippen molar-refractivity contribution in [2.45, 2.75) is 25.3 Å². The minimum Gasteiger partial charge on any atom is -0.353 e.